The zero-order chi connectivity index (χ0) is 21.6. The Labute approximate surface area is 184 Å². The third kappa shape index (κ3) is 6.20. The molecule has 3 aromatic rings. The zero-order valence-corrected chi connectivity index (χ0v) is 17.3. The van der Waals surface area contributed by atoms with Crippen molar-refractivity contribution in [3.8, 4) is 17.4 Å². The number of amides is 2. The van der Waals surface area contributed by atoms with Crippen LogP contribution in [0.4, 0.5) is 11.4 Å². The van der Waals surface area contributed by atoms with Gasteiger partial charge in [0.15, 0.2) is 6.61 Å². The molecule has 0 atom stereocenters. The number of halogens is 1. The van der Waals surface area contributed by atoms with Crippen molar-refractivity contribution in [2.75, 3.05) is 17.2 Å². The van der Waals surface area contributed by atoms with Gasteiger partial charge in [0.2, 0.25) is 11.8 Å². The Balaban J connectivity index is 1.26. The molecule has 2 N–H and O–H groups in total. The van der Waals surface area contributed by atoms with E-state index in [1.54, 1.807) is 60.7 Å². The van der Waals surface area contributed by atoms with Gasteiger partial charge in [-0.25, -0.2) is 4.98 Å². The number of hydrogen-bond donors (Lipinski definition) is 2. The Morgan fingerprint density at radius 1 is 0.968 bits per heavy atom. The summed E-state index contributed by atoms with van der Waals surface area (Å²) in [5.74, 6) is 1.30. The molecule has 1 saturated carbocycles. The van der Waals surface area contributed by atoms with Crippen LogP contribution in [0.1, 0.15) is 12.8 Å². The third-order valence-corrected chi connectivity index (χ3v) is 4.73. The van der Waals surface area contributed by atoms with E-state index in [2.05, 4.69) is 15.6 Å². The lowest BCUT2D eigenvalue weighted by atomic mass is 10.3. The second-order valence-corrected chi connectivity index (χ2v) is 7.51. The van der Waals surface area contributed by atoms with E-state index < -0.39 is 0 Å². The Kier molecular flexibility index (Phi) is 6.33. The van der Waals surface area contributed by atoms with Crippen molar-refractivity contribution >= 4 is 34.8 Å². The number of aromatic nitrogens is 1. The average Bonchev–Trinajstić information content (AvgIpc) is 3.61. The van der Waals surface area contributed by atoms with Crippen LogP contribution in [-0.2, 0) is 9.59 Å². The lowest BCUT2D eigenvalue weighted by molar-refractivity contribution is -0.118. The highest BCUT2D eigenvalue weighted by molar-refractivity contribution is 6.30. The number of hydrogen-bond acceptors (Lipinski definition) is 5. The van der Waals surface area contributed by atoms with Crippen LogP contribution in [0.5, 0.6) is 17.4 Å². The third-order valence-electron chi connectivity index (χ3n) is 4.48. The molecule has 4 rings (SSSR count). The lowest BCUT2D eigenvalue weighted by Crippen LogP contribution is -2.20. The molecule has 0 unspecified atom stereocenters. The number of benzene rings is 2. The van der Waals surface area contributed by atoms with Gasteiger partial charge in [-0.2, -0.15) is 0 Å². The van der Waals surface area contributed by atoms with E-state index >= 15 is 0 Å². The molecule has 2 aromatic carbocycles. The minimum absolute atomic E-state index is 0.0193. The number of anilines is 2. The molecule has 0 bridgehead atoms. The summed E-state index contributed by atoms with van der Waals surface area (Å²) in [5, 5.41) is 6.18. The van der Waals surface area contributed by atoms with Crippen molar-refractivity contribution in [3.05, 3.63) is 71.9 Å². The molecular formula is C23H20ClN3O4. The molecule has 7 nitrogen and oxygen atoms in total. The molecule has 8 heteroatoms. The van der Waals surface area contributed by atoms with E-state index in [9.17, 15) is 9.59 Å². The number of carbonyl (C=O) groups excluding carboxylic acids is 2. The van der Waals surface area contributed by atoms with Crippen molar-refractivity contribution in [1.82, 2.24) is 4.98 Å². The highest BCUT2D eigenvalue weighted by Gasteiger charge is 2.29. The Morgan fingerprint density at radius 2 is 1.77 bits per heavy atom. The number of carbonyl (C=O) groups is 2. The fourth-order valence-electron chi connectivity index (χ4n) is 2.74. The maximum Gasteiger partial charge on any atom is 0.262 e. The molecule has 158 valence electrons. The summed E-state index contributed by atoms with van der Waals surface area (Å²) in [6.45, 7) is -0.178. The van der Waals surface area contributed by atoms with Crippen molar-refractivity contribution in [1.29, 1.82) is 0 Å². The fourth-order valence-corrected chi connectivity index (χ4v) is 2.86. The molecule has 1 aromatic heterocycles. The summed E-state index contributed by atoms with van der Waals surface area (Å²) in [5.41, 5.74) is 1.16. The topological polar surface area (TPSA) is 89.5 Å². The van der Waals surface area contributed by atoms with Crippen LogP contribution >= 0.6 is 11.6 Å². The van der Waals surface area contributed by atoms with Crippen molar-refractivity contribution in [3.63, 3.8) is 0 Å². The van der Waals surface area contributed by atoms with Crippen LogP contribution in [0.2, 0.25) is 5.02 Å². The predicted molar refractivity (Wildman–Crippen MR) is 118 cm³/mol. The van der Waals surface area contributed by atoms with Crippen LogP contribution in [-0.4, -0.2) is 23.4 Å². The van der Waals surface area contributed by atoms with Crippen molar-refractivity contribution in [2.24, 2.45) is 5.92 Å². The molecule has 2 amide bonds. The fraction of sp³-hybridized carbons (Fsp3) is 0.174. The smallest absolute Gasteiger partial charge is 0.262 e. The van der Waals surface area contributed by atoms with Gasteiger partial charge in [0, 0.05) is 28.8 Å². The first-order chi connectivity index (χ1) is 15.0. The summed E-state index contributed by atoms with van der Waals surface area (Å²) in [6, 6.07) is 17.2. The summed E-state index contributed by atoms with van der Waals surface area (Å²) in [6.07, 6.45) is 3.37. The normalized spacial score (nSPS) is 12.7. The van der Waals surface area contributed by atoms with Gasteiger partial charge in [-0.05, 0) is 55.3 Å². The SMILES string of the molecule is O=C(COc1cccc(NC(=O)C2CC2)c1)Nc1ccc(Oc2ccc(Cl)cc2)nc1. The minimum Gasteiger partial charge on any atom is -0.484 e. The van der Waals surface area contributed by atoms with Crippen LogP contribution in [0.3, 0.4) is 0 Å². The Morgan fingerprint density at radius 3 is 2.48 bits per heavy atom. The predicted octanol–water partition coefficient (Wildman–Crippen LogP) is 4.89. The summed E-state index contributed by atoms with van der Waals surface area (Å²) < 4.78 is 11.2. The molecule has 1 heterocycles. The summed E-state index contributed by atoms with van der Waals surface area (Å²) in [7, 11) is 0. The molecule has 0 spiro atoms. The van der Waals surface area contributed by atoms with Gasteiger partial charge in [0.25, 0.3) is 5.91 Å². The number of nitrogens with one attached hydrogen (secondary N) is 2. The van der Waals surface area contributed by atoms with Gasteiger partial charge in [-0.3, -0.25) is 9.59 Å². The van der Waals surface area contributed by atoms with Gasteiger partial charge in [0.05, 0.1) is 11.9 Å². The second kappa shape index (κ2) is 9.49. The average molecular weight is 438 g/mol. The van der Waals surface area contributed by atoms with Gasteiger partial charge in [0.1, 0.15) is 11.5 Å². The molecule has 0 aliphatic heterocycles. The van der Waals surface area contributed by atoms with Gasteiger partial charge in [-0.15, -0.1) is 0 Å². The number of ether oxygens (including phenoxy) is 2. The van der Waals surface area contributed by atoms with E-state index in [0.717, 1.165) is 12.8 Å². The van der Waals surface area contributed by atoms with E-state index in [0.29, 0.717) is 33.8 Å². The highest BCUT2D eigenvalue weighted by Crippen LogP contribution is 2.30. The Bertz CT molecular complexity index is 1070. The lowest BCUT2D eigenvalue weighted by Gasteiger charge is -2.10. The minimum atomic E-state index is -0.333. The number of pyridine rings is 1. The number of nitrogens with zero attached hydrogens (tertiary/aromatic N) is 1. The van der Waals surface area contributed by atoms with Crippen LogP contribution < -0.4 is 20.1 Å². The molecule has 1 aliphatic rings. The first kappa shape index (κ1) is 20.7. The van der Waals surface area contributed by atoms with Gasteiger partial charge >= 0.3 is 0 Å². The largest absolute Gasteiger partial charge is 0.484 e. The number of rotatable bonds is 8. The highest BCUT2D eigenvalue weighted by atomic mass is 35.5. The molecule has 0 saturated heterocycles. The van der Waals surface area contributed by atoms with Crippen LogP contribution in [0.25, 0.3) is 0 Å². The van der Waals surface area contributed by atoms with E-state index in [4.69, 9.17) is 21.1 Å². The molecular weight excluding hydrogens is 418 g/mol. The quantitative estimate of drug-likeness (QED) is 0.523. The van der Waals surface area contributed by atoms with E-state index in [-0.39, 0.29) is 24.3 Å². The second-order valence-electron chi connectivity index (χ2n) is 7.07. The summed E-state index contributed by atoms with van der Waals surface area (Å²) in [4.78, 5) is 28.2. The zero-order valence-electron chi connectivity index (χ0n) is 16.5. The van der Waals surface area contributed by atoms with Gasteiger partial charge in [-0.1, -0.05) is 17.7 Å². The molecule has 31 heavy (non-hydrogen) atoms. The summed E-state index contributed by atoms with van der Waals surface area (Å²) >= 11 is 5.85. The first-order valence-corrected chi connectivity index (χ1v) is 10.2. The van der Waals surface area contributed by atoms with Crippen LogP contribution in [0.15, 0.2) is 66.9 Å². The van der Waals surface area contributed by atoms with E-state index in [1.807, 2.05) is 0 Å². The molecule has 1 fully saturated rings. The van der Waals surface area contributed by atoms with Crippen molar-refractivity contribution in [2.45, 2.75) is 12.8 Å². The first-order valence-electron chi connectivity index (χ1n) is 9.78. The Hall–Kier alpha value is -3.58. The van der Waals surface area contributed by atoms with Gasteiger partial charge < -0.3 is 20.1 Å². The maximum atomic E-state index is 12.2. The van der Waals surface area contributed by atoms with Crippen molar-refractivity contribution < 1.29 is 19.1 Å². The standard InChI is InChI=1S/C23H20ClN3O4/c24-16-6-9-19(10-7-16)31-22-11-8-18(13-25-22)26-21(28)14-30-20-3-1-2-17(12-20)27-23(29)15-4-5-15/h1-3,6-13,15H,4-5,14H2,(H,26,28)(H,27,29). The van der Waals surface area contributed by atoms with E-state index in [1.165, 1.54) is 6.20 Å². The molecule has 0 radical (unpaired) electrons. The monoisotopic (exact) mass is 437 g/mol. The molecule has 1 aliphatic carbocycles. The van der Waals surface area contributed by atoms with Crippen LogP contribution in [0, 0.1) is 5.92 Å². The maximum absolute atomic E-state index is 12.2.